The van der Waals surface area contributed by atoms with E-state index < -0.39 is 23.5 Å². The molecule has 0 saturated heterocycles. The van der Waals surface area contributed by atoms with E-state index in [1.807, 2.05) is 0 Å². The molecule has 7 nitrogen and oxygen atoms in total. The van der Waals surface area contributed by atoms with Gasteiger partial charge < -0.3 is 15.5 Å². The molecule has 1 heterocycles. The van der Waals surface area contributed by atoms with E-state index >= 15 is 0 Å². The summed E-state index contributed by atoms with van der Waals surface area (Å²) < 4.78 is 0. The molecule has 3 N–H and O–H groups in total. The number of aliphatic carboxylic acids is 1. The van der Waals surface area contributed by atoms with Crippen molar-refractivity contribution in [2.24, 2.45) is 0 Å². The normalized spacial score (nSPS) is 17.7. The zero-order valence-corrected chi connectivity index (χ0v) is 9.42. The lowest BCUT2D eigenvalue weighted by atomic mass is 9.95. The topological polar surface area (TPSA) is 113 Å². The van der Waals surface area contributed by atoms with Crippen LogP contribution in [0.1, 0.15) is 17.5 Å². The third-order valence-electron chi connectivity index (χ3n) is 3.00. The summed E-state index contributed by atoms with van der Waals surface area (Å²) in [6.07, 6.45) is 0.940. The molecule has 0 aliphatic carbocycles. The fourth-order valence-corrected chi connectivity index (χ4v) is 2.07. The van der Waals surface area contributed by atoms with E-state index in [4.69, 9.17) is 10.2 Å². The number of nitrogens with zero attached hydrogens (tertiary/aromatic N) is 1. The minimum atomic E-state index is -0.977. The van der Waals surface area contributed by atoms with Gasteiger partial charge in [0.05, 0.1) is 17.1 Å². The van der Waals surface area contributed by atoms with Crippen LogP contribution < -0.4 is 5.32 Å². The number of benzene rings is 1. The van der Waals surface area contributed by atoms with Gasteiger partial charge in [-0.15, -0.1) is 0 Å². The molecular formula is C11H12N2O5. The highest BCUT2D eigenvalue weighted by molar-refractivity contribution is 5.79. The number of hydrogen-bond donors (Lipinski definition) is 3. The van der Waals surface area contributed by atoms with Gasteiger partial charge in [0.2, 0.25) is 0 Å². The Morgan fingerprint density at radius 1 is 1.56 bits per heavy atom. The van der Waals surface area contributed by atoms with Gasteiger partial charge in [0.15, 0.2) is 0 Å². The van der Waals surface area contributed by atoms with E-state index in [1.165, 1.54) is 6.07 Å². The number of aliphatic hydroxyl groups excluding tert-OH is 1. The number of nitro groups is 1. The van der Waals surface area contributed by atoms with Gasteiger partial charge in [-0.25, -0.2) is 4.79 Å². The minimum Gasteiger partial charge on any atom is -0.480 e. The molecule has 0 bridgehead atoms. The van der Waals surface area contributed by atoms with E-state index in [1.54, 1.807) is 6.07 Å². The van der Waals surface area contributed by atoms with E-state index in [9.17, 15) is 14.9 Å². The van der Waals surface area contributed by atoms with Gasteiger partial charge in [-0.1, -0.05) is 0 Å². The van der Waals surface area contributed by atoms with E-state index in [0.717, 1.165) is 5.56 Å². The predicted octanol–water partition coefficient (Wildman–Crippen LogP) is 0.898. The van der Waals surface area contributed by atoms with Gasteiger partial charge in [0, 0.05) is 11.8 Å². The second kappa shape index (κ2) is 4.61. The van der Waals surface area contributed by atoms with E-state index in [-0.39, 0.29) is 11.3 Å². The summed E-state index contributed by atoms with van der Waals surface area (Å²) in [5, 5.41) is 31.6. The molecule has 18 heavy (non-hydrogen) atoms. The first-order valence-electron chi connectivity index (χ1n) is 5.43. The maximum absolute atomic E-state index is 10.9. The lowest BCUT2D eigenvalue weighted by molar-refractivity contribution is -0.385. The Hall–Kier alpha value is -2.15. The van der Waals surface area contributed by atoms with Crippen LogP contribution in [0.2, 0.25) is 0 Å². The number of nitrogens with one attached hydrogen (secondary N) is 1. The van der Waals surface area contributed by atoms with Gasteiger partial charge in [0.1, 0.15) is 6.04 Å². The third kappa shape index (κ3) is 2.12. The molecule has 2 rings (SSSR count). The fraction of sp³-hybridized carbons (Fsp3) is 0.364. The van der Waals surface area contributed by atoms with Crippen molar-refractivity contribution in [3.8, 4) is 0 Å². The molecule has 0 aromatic heterocycles. The van der Waals surface area contributed by atoms with Crippen molar-refractivity contribution >= 4 is 17.3 Å². The molecule has 1 aliphatic rings. The second-order valence-electron chi connectivity index (χ2n) is 4.13. The van der Waals surface area contributed by atoms with Crippen LogP contribution in [0, 0.1) is 10.1 Å². The zero-order valence-electron chi connectivity index (χ0n) is 9.42. The van der Waals surface area contributed by atoms with Gasteiger partial charge in [-0.05, 0) is 24.5 Å². The highest BCUT2D eigenvalue weighted by Gasteiger charge is 2.26. The molecule has 1 atom stereocenters. The van der Waals surface area contributed by atoms with Crippen LogP contribution >= 0.6 is 0 Å². The average Bonchev–Trinajstić information content (AvgIpc) is 2.36. The van der Waals surface area contributed by atoms with Crippen molar-refractivity contribution in [3.63, 3.8) is 0 Å². The van der Waals surface area contributed by atoms with Gasteiger partial charge >= 0.3 is 5.97 Å². The minimum absolute atomic E-state index is 0.199. The van der Waals surface area contributed by atoms with Crippen LogP contribution in [-0.2, 0) is 17.8 Å². The number of hydrogen-bond acceptors (Lipinski definition) is 5. The largest absolute Gasteiger partial charge is 0.480 e. The smallest absolute Gasteiger partial charge is 0.326 e. The number of rotatable bonds is 3. The summed E-state index contributed by atoms with van der Waals surface area (Å²) in [5.74, 6) is -0.977. The van der Waals surface area contributed by atoms with Gasteiger partial charge in [-0.2, -0.15) is 0 Å². The van der Waals surface area contributed by atoms with Crippen LogP contribution in [-0.4, -0.2) is 27.1 Å². The number of fused-ring (bicyclic) bond motifs is 1. The van der Waals surface area contributed by atoms with Crippen LogP contribution in [0.4, 0.5) is 11.4 Å². The first-order valence-corrected chi connectivity index (χ1v) is 5.43. The number of carboxylic acids is 1. The fourth-order valence-electron chi connectivity index (χ4n) is 2.07. The maximum atomic E-state index is 10.9. The Bertz CT molecular complexity index is 514. The summed E-state index contributed by atoms with van der Waals surface area (Å²) in [7, 11) is 0. The molecule has 1 aliphatic heterocycles. The second-order valence-corrected chi connectivity index (χ2v) is 4.13. The number of aliphatic hydroxyl groups is 1. The van der Waals surface area contributed by atoms with Gasteiger partial charge in [-0.3, -0.25) is 10.1 Å². The molecule has 1 unspecified atom stereocenters. The Labute approximate surface area is 102 Å². The number of nitro benzene ring substituents is 1. The van der Waals surface area contributed by atoms with Crippen LogP contribution in [0.25, 0.3) is 0 Å². The third-order valence-corrected chi connectivity index (χ3v) is 3.00. The molecule has 0 saturated carbocycles. The summed E-state index contributed by atoms with van der Waals surface area (Å²) in [5.41, 5.74) is 1.30. The molecule has 96 valence electrons. The number of anilines is 1. The quantitative estimate of drug-likeness (QED) is 0.544. The summed E-state index contributed by atoms with van der Waals surface area (Å²) in [6, 6.07) is 2.12. The predicted molar refractivity (Wildman–Crippen MR) is 62.4 cm³/mol. The van der Waals surface area contributed by atoms with Crippen molar-refractivity contribution in [1.82, 2.24) is 0 Å². The standard InChI is InChI=1S/C11H12N2O5/c14-5-7-3-6-1-2-8(11(15)16)12-9(6)4-10(7)13(17)18/h3-4,8,12,14H,1-2,5H2,(H,15,16). The molecule has 0 radical (unpaired) electrons. The van der Waals surface area contributed by atoms with Crippen molar-refractivity contribution in [2.75, 3.05) is 5.32 Å². The molecule has 0 fully saturated rings. The Morgan fingerprint density at radius 2 is 2.28 bits per heavy atom. The summed E-state index contributed by atoms with van der Waals surface area (Å²) in [4.78, 5) is 21.1. The van der Waals surface area contributed by atoms with E-state index in [0.29, 0.717) is 18.5 Å². The first kappa shape index (κ1) is 12.3. The first-order chi connectivity index (χ1) is 8.52. The highest BCUT2D eigenvalue weighted by Crippen LogP contribution is 2.32. The molecule has 1 aromatic rings. The number of carboxylic acid groups (broad SMARTS) is 1. The Morgan fingerprint density at radius 3 is 2.83 bits per heavy atom. The van der Waals surface area contributed by atoms with Crippen LogP contribution in [0.3, 0.4) is 0 Å². The van der Waals surface area contributed by atoms with Crippen molar-refractivity contribution in [3.05, 3.63) is 33.4 Å². The molecule has 0 amide bonds. The number of carbonyl (C=O) groups is 1. The monoisotopic (exact) mass is 252 g/mol. The number of aryl methyl sites for hydroxylation is 1. The van der Waals surface area contributed by atoms with Crippen molar-refractivity contribution < 1.29 is 19.9 Å². The van der Waals surface area contributed by atoms with Gasteiger partial charge in [0.25, 0.3) is 5.69 Å². The van der Waals surface area contributed by atoms with E-state index in [2.05, 4.69) is 5.32 Å². The van der Waals surface area contributed by atoms with Crippen molar-refractivity contribution in [2.45, 2.75) is 25.5 Å². The molecule has 7 heteroatoms. The lowest BCUT2D eigenvalue weighted by Crippen LogP contribution is -2.33. The Kier molecular flexibility index (Phi) is 3.15. The van der Waals surface area contributed by atoms with Crippen molar-refractivity contribution in [1.29, 1.82) is 0 Å². The lowest BCUT2D eigenvalue weighted by Gasteiger charge is -2.24. The van der Waals surface area contributed by atoms with Crippen LogP contribution in [0.15, 0.2) is 12.1 Å². The molecule has 0 spiro atoms. The molecule has 1 aromatic carbocycles. The Balaban J connectivity index is 2.42. The summed E-state index contributed by atoms with van der Waals surface area (Å²) >= 11 is 0. The average molecular weight is 252 g/mol. The maximum Gasteiger partial charge on any atom is 0.326 e. The highest BCUT2D eigenvalue weighted by atomic mass is 16.6. The SMILES string of the molecule is O=C(O)C1CCc2cc(CO)c([N+](=O)[O-])cc2N1. The zero-order chi connectivity index (χ0) is 13.3. The summed E-state index contributed by atoms with van der Waals surface area (Å²) in [6.45, 7) is -0.411. The molecular weight excluding hydrogens is 240 g/mol. The van der Waals surface area contributed by atoms with Crippen LogP contribution in [0.5, 0.6) is 0 Å².